The quantitative estimate of drug-likeness (QED) is 0.803. The van der Waals surface area contributed by atoms with Crippen LogP contribution in [-0.2, 0) is 6.61 Å². The Balaban J connectivity index is 2.29. The molecule has 88 valence electrons. The molecule has 1 aromatic rings. The van der Waals surface area contributed by atoms with Crippen molar-refractivity contribution in [3.8, 4) is 5.75 Å². The van der Waals surface area contributed by atoms with Crippen LogP contribution in [0.2, 0.25) is 0 Å². The number of benzene rings is 1. The van der Waals surface area contributed by atoms with Crippen LogP contribution in [0.5, 0.6) is 5.75 Å². The van der Waals surface area contributed by atoms with Crippen molar-refractivity contribution in [2.75, 3.05) is 0 Å². The van der Waals surface area contributed by atoms with Crippen molar-refractivity contribution in [2.45, 2.75) is 51.6 Å². The third kappa shape index (κ3) is 2.22. The molecule has 1 aliphatic carbocycles. The molecule has 0 atom stereocenters. The van der Waals surface area contributed by atoms with Crippen molar-refractivity contribution in [3.05, 3.63) is 28.8 Å². The summed E-state index contributed by atoms with van der Waals surface area (Å²) in [7, 11) is 0. The lowest BCUT2D eigenvalue weighted by atomic mass is 9.83. The number of rotatable bonds is 2. The van der Waals surface area contributed by atoms with Gasteiger partial charge >= 0.3 is 0 Å². The topological polar surface area (TPSA) is 40.5 Å². The first-order valence-corrected chi connectivity index (χ1v) is 6.15. The van der Waals surface area contributed by atoms with Crippen LogP contribution >= 0.6 is 0 Å². The minimum absolute atomic E-state index is 0.0762. The number of aliphatic hydroxyl groups is 1. The molecule has 1 fully saturated rings. The molecule has 1 aromatic carbocycles. The lowest BCUT2D eigenvalue weighted by Crippen LogP contribution is -2.05. The zero-order valence-corrected chi connectivity index (χ0v) is 9.87. The highest BCUT2D eigenvalue weighted by molar-refractivity contribution is 5.43. The van der Waals surface area contributed by atoms with Crippen LogP contribution in [0.4, 0.5) is 0 Å². The molecular weight excluding hydrogens is 200 g/mol. The molecular formula is C14H20O2. The van der Waals surface area contributed by atoms with Gasteiger partial charge in [-0.05, 0) is 42.9 Å². The van der Waals surface area contributed by atoms with Gasteiger partial charge in [0.1, 0.15) is 5.75 Å². The van der Waals surface area contributed by atoms with Gasteiger partial charge in [0.05, 0.1) is 6.61 Å². The highest BCUT2D eigenvalue weighted by Crippen LogP contribution is 2.35. The van der Waals surface area contributed by atoms with Gasteiger partial charge in [0.15, 0.2) is 0 Å². The van der Waals surface area contributed by atoms with Gasteiger partial charge in [0.25, 0.3) is 0 Å². The number of hydrogen-bond acceptors (Lipinski definition) is 2. The Hall–Kier alpha value is -1.02. The molecule has 0 heterocycles. The second kappa shape index (κ2) is 4.88. The van der Waals surface area contributed by atoms with Crippen LogP contribution in [-0.4, -0.2) is 10.2 Å². The largest absolute Gasteiger partial charge is 0.507 e. The fourth-order valence-corrected chi connectivity index (χ4v) is 2.67. The Morgan fingerprint density at radius 3 is 2.50 bits per heavy atom. The Labute approximate surface area is 96.9 Å². The summed E-state index contributed by atoms with van der Waals surface area (Å²) in [5.41, 5.74) is 2.84. The third-order valence-corrected chi connectivity index (χ3v) is 3.65. The first kappa shape index (κ1) is 11.5. The van der Waals surface area contributed by atoms with E-state index < -0.39 is 0 Å². The summed E-state index contributed by atoms with van der Waals surface area (Å²) in [6, 6.07) is 4.04. The summed E-state index contributed by atoms with van der Waals surface area (Å²) in [6.07, 6.45) is 6.45. The van der Waals surface area contributed by atoms with Gasteiger partial charge in [-0.15, -0.1) is 0 Å². The summed E-state index contributed by atoms with van der Waals surface area (Å²) in [5, 5.41) is 19.0. The van der Waals surface area contributed by atoms with Crippen LogP contribution in [0.1, 0.15) is 54.7 Å². The van der Waals surface area contributed by atoms with Gasteiger partial charge in [-0.2, -0.15) is 0 Å². The van der Waals surface area contributed by atoms with Crippen molar-refractivity contribution in [1.29, 1.82) is 0 Å². The molecule has 2 nitrogen and oxygen atoms in total. The first-order chi connectivity index (χ1) is 7.72. The number of aliphatic hydroxyl groups excluding tert-OH is 1. The normalized spacial score (nSPS) is 17.6. The Bertz CT molecular complexity index is 365. The molecule has 0 bridgehead atoms. The van der Waals surface area contributed by atoms with Crippen LogP contribution in [0.25, 0.3) is 0 Å². The molecule has 0 unspecified atom stereocenters. The van der Waals surface area contributed by atoms with Crippen LogP contribution in [0.15, 0.2) is 12.1 Å². The molecule has 2 heteroatoms. The van der Waals surface area contributed by atoms with E-state index in [0.717, 1.165) is 5.56 Å². The van der Waals surface area contributed by atoms with Gasteiger partial charge in [-0.25, -0.2) is 0 Å². The molecule has 1 aliphatic rings. The Morgan fingerprint density at radius 2 is 1.88 bits per heavy atom. The van der Waals surface area contributed by atoms with Crippen LogP contribution < -0.4 is 0 Å². The maximum absolute atomic E-state index is 9.76. The fourth-order valence-electron chi connectivity index (χ4n) is 2.67. The van der Waals surface area contributed by atoms with Gasteiger partial charge < -0.3 is 10.2 Å². The average molecular weight is 220 g/mol. The van der Waals surface area contributed by atoms with Crippen LogP contribution in [0.3, 0.4) is 0 Å². The summed E-state index contributed by atoms with van der Waals surface area (Å²) >= 11 is 0. The zero-order valence-electron chi connectivity index (χ0n) is 9.87. The SMILES string of the molecule is Cc1cc(C2CCCCC2)cc(CO)c1O. The summed E-state index contributed by atoms with van der Waals surface area (Å²) in [4.78, 5) is 0. The maximum Gasteiger partial charge on any atom is 0.124 e. The highest BCUT2D eigenvalue weighted by atomic mass is 16.3. The maximum atomic E-state index is 9.76. The fraction of sp³-hybridized carbons (Fsp3) is 0.571. The molecule has 1 saturated carbocycles. The van der Waals surface area contributed by atoms with Crippen molar-refractivity contribution < 1.29 is 10.2 Å². The number of phenols is 1. The van der Waals surface area contributed by atoms with E-state index in [1.165, 1.54) is 37.7 Å². The van der Waals surface area contributed by atoms with Gasteiger partial charge in [-0.1, -0.05) is 25.3 Å². The third-order valence-electron chi connectivity index (χ3n) is 3.65. The van der Waals surface area contributed by atoms with E-state index in [1.807, 2.05) is 13.0 Å². The van der Waals surface area contributed by atoms with Crippen molar-refractivity contribution in [2.24, 2.45) is 0 Å². The first-order valence-electron chi connectivity index (χ1n) is 6.15. The van der Waals surface area contributed by atoms with Gasteiger partial charge in [-0.3, -0.25) is 0 Å². The van der Waals surface area contributed by atoms with E-state index in [-0.39, 0.29) is 12.4 Å². The molecule has 0 spiro atoms. The van der Waals surface area contributed by atoms with E-state index in [1.54, 1.807) is 0 Å². The molecule has 16 heavy (non-hydrogen) atoms. The Morgan fingerprint density at radius 1 is 1.19 bits per heavy atom. The van der Waals surface area contributed by atoms with E-state index in [9.17, 15) is 10.2 Å². The van der Waals surface area contributed by atoms with Crippen molar-refractivity contribution in [3.63, 3.8) is 0 Å². The smallest absolute Gasteiger partial charge is 0.124 e. The summed E-state index contributed by atoms with van der Waals surface area (Å²) in [6.45, 7) is 1.83. The molecule has 0 aliphatic heterocycles. The lowest BCUT2D eigenvalue weighted by Gasteiger charge is -2.23. The van der Waals surface area contributed by atoms with Gasteiger partial charge in [0, 0.05) is 5.56 Å². The predicted molar refractivity (Wildman–Crippen MR) is 64.6 cm³/mol. The second-order valence-electron chi connectivity index (χ2n) is 4.84. The summed E-state index contributed by atoms with van der Waals surface area (Å²) < 4.78 is 0. The summed E-state index contributed by atoms with van der Waals surface area (Å²) in [5.74, 6) is 0.875. The zero-order chi connectivity index (χ0) is 11.5. The number of hydrogen-bond donors (Lipinski definition) is 2. The molecule has 2 rings (SSSR count). The molecule has 0 radical (unpaired) electrons. The van der Waals surface area contributed by atoms with Crippen molar-refractivity contribution >= 4 is 0 Å². The molecule has 0 aromatic heterocycles. The predicted octanol–water partition coefficient (Wildman–Crippen LogP) is 3.24. The van der Waals surface area contributed by atoms with Crippen molar-refractivity contribution in [1.82, 2.24) is 0 Å². The number of aryl methyl sites for hydroxylation is 1. The minimum Gasteiger partial charge on any atom is -0.507 e. The van der Waals surface area contributed by atoms with E-state index in [0.29, 0.717) is 11.5 Å². The van der Waals surface area contributed by atoms with E-state index in [4.69, 9.17) is 0 Å². The molecule has 0 amide bonds. The lowest BCUT2D eigenvalue weighted by molar-refractivity contribution is 0.275. The van der Waals surface area contributed by atoms with E-state index in [2.05, 4.69) is 6.07 Å². The monoisotopic (exact) mass is 220 g/mol. The number of aromatic hydroxyl groups is 1. The highest BCUT2D eigenvalue weighted by Gasteiger charge is 2.17. The standard InChI is InChI=1S/C14H20O2/c1-10-7-12(8-13(9-15)14(10)16)11-5-3-2-4-6-11/h7-8,11,15-16H,2-6,9H2,1H3. The average Bonchev–Trinajstić information content (AvgIpc) is 2.33. The van der Waals surface area contributed by atoms with E-state index >= 15 is 0 Å². The Kier molecular flexibility index (Phi) is 3.49. The second-order valence-corrected chi connectivity index (χ2v) is 4.84. The molecule has 0 saturated heterocycles. The van der Waals surface area contributed by atoms with Gasteiger partial charge in [0.2, 0.25) is 0 Å². The minimum atomic E-state index is -0.0762. The van der Waals surface area contributed by atoms with Crippen LogP contribution in [0, 0.1) is 6.92 Å². The molecule has 2 N–H and O–H groups in total.